The Kier molecular flexibility index (Phi) is 1.28. The van der Waals surface area contributed by atoms with Crippen molar-refractivity contribution in [3.63, 3.8) is 0 Å². The highest BCUT2D eigenvalue weighted by Gasteiger charge is 2.37. The quantitative estimate of drug-likeness (QED) is 0.504. The van der Waals surface area contributed by atoms with Crippen molar-refractivity contribution in [2.45, 2.75) is 39.0 Å². The zero-order chi connectivity index (χ0) is 6.27. The van der Waals surface area contributed by atoms with E-state index in [1.807, 2.05) is 0 Å². The third-order valence-electron chi connectivity index (χ3n) is 3.41. The molecular weight excluding hydrogens is 108 g/mol. The van der Waals surface area contributed by atoms with Crippen molar-refractivity contribution in [2.75, 3.05) is 0 Å². The first-order valence-electron chi connectivity index (χ1n) is 4.40. The predicted molar refractivity (Wildman–Crippen MR) is 39.2 cm³/mol. The average molecular weight is 124 g/mol. The number of hydrogen-bond donors (Lipinski definition) is 0. The maximum absolute atomic E-state index is 2.35. The van der Waals surface area contributed by atoms with Crippen molar-refractivity contribution in [1.29, 1.82) is 0 Å². The molecule has 0 aliphatic heterocycles. The fourth-order valence-corrected chi connectivity index (χ4v) is 2.88. The molecule has 0 aromatic carbocycles. The second kappa shape index (κ2) is 2.00. The lowest BCUT2D eigenvalue weighted by Gasteiger charge is -2.18. The molecule has 0 unspecified atom stereocenters. The number of fused-ring (bicyclic) bond motifs is 2. The Morgan fingerprint density at radius 2 is 2.11 bits per heavy atom. The van der Waals surface area contributed by atoms with Gasteiger partial charge in [0.05, 0.1) is 0 Å². The maximum atomic E-state index is 2.35. The molecule has 2 rings (SSSR count). The predicted octanol–water partition coefficient (Wildman–Crippen LogP) is 2.83. The van der Waals surface area contributed by atoms with Gasteiger partial charge < -0.3 is 0 Å². The van der Waals surface area contributed by atoms with Crippen molar-refractivity contribution in [1.82, 2.24) is 0 Å². The van der Waals surface area contributed by atoms with Gasteiger partial charge >= 0.3 is 0 Å². The van der Waals surface area contributed by atoms with Crippen LogP contribution < -0.4 is 0 Å². The maximum Gasteiger partial charge on any atom is -0.0383 e. The van der Waals surface area contributed by atoms with E-state index in [1.54, 1.807) is 25.7 Å². The molecule has 0 amide bonds. The van der Waals surface area contributed by atoms with Gasteiger partial charge in [0.1, 0.15) is 0 Å². The molecule has 2 aliphatic rings. The molecule has 0 saturated heterocycles. The van der Waals surface area contributed by atoms with Crippen LogP contribution in [0.25, 0.3) is 0 Å². The molecule has 9 heavy (non-hydrogen) atoms. The summed E-state index contributed by atoms with van der Waals surface area (Å²) in [5.74, 6) is 3.43. The lowest BCUT2D eigenvalue weighted by molar-refractivity contribution is 0.324. The highest BCUT2D eigenvalue weighted by Crippen LogP contribution is 2.49. The normalized spacial score (nSPS) is 48.3. The molecule has 2 aliphatic carbocycles. The number of hydrogen-bond acceptors (Lipinski definition) is 0. The van der Waals surface area contributed by atoms with Crippen LogP contribution in [0.1, 0.15) is 39.0 Å². The van der Waals surface area contributed by atoms with Gasteiger partial charge in [-0.3, -0.25) is 0 Å². The van der Waals surface area contributed by atoms with Gasteiger partial charge in [-0.15, -0.1) is 0 Å². The van der Waals surface area contributed by atoms with Gasteiger partial charge in [0.2, 0.25) is 0 Å². The van der Waals surface area contributed by atoms with Crippen LogP contribution in [0.5, 0.6) is 0 Å². The SMILES string of the molecule is CC[C@@H]1C[C@H]2CC[C@H]1C2. The minimum atomic E-state index is 1.13. The molecule has 2 bridgehead atoms. The van der Waals surface area contributed by atoms with Crippen LogP contribution in [-0.4, -0.2) is 0 Å². The minimum absolute atomic E-state index is 1.13. The molecule has 52 valence electrons. The van der Waals surface area contributed by atoms with Crippen LogP contribution in [0.15, 0.2) is 0 Å². The molecule has 0 heterocycles. The Hall–Kier alpha value is 0. The van der Waals surface area contributed by atoms with Gasteiger partial charge in [-0.2, -0.15) is 0 Å². The third-order valence-corrected chi connectivity index (χ3v) is 3.41. The highest BCUT2D eigenvalue weighted by molar-refractivity contribution is 4.88. The van der Waals surface area contributed by atoms with Crippen molar-refractivity contribution in [3.8, 4) is 0 Å². The molecule has 0 heteroatoms. The molecule has 3 atom stereocenters. The third kappa shape index (κ3) is 0.798. The zero-order valence-electron chi connectivity index (χ0n) is 6.27. The largest absolute Gasteiger partial charge is 0.0651 e. The van der Waals surface area contributed by atoms with Gasteiger partial charge in [0.25, 0.3) is 0 Å². The summed E-state index contributed by atoms with van der Waals surface area (Å²) in [5.41, 5.74) is 0. The van der Waals surface area contributed by atoms with E-state index in [9.17, 15) is 0 Å². The second-order valence-corrected chi connectivity index (χ2v) is 3.84. The topological polar surface area (TPSA) is 0 Å². The Balaban J connectivity index is 2.01. The molecule has 0 radical (unpaired) electrons. The van der Waals surface area contributed by atoms with E-state index >= 15 is 0 Å². The lowest BCUT2D eigenvalue weighted by Crippen LogP contribution is -2.08. The van der Waals surface area contributed by atoms with Crippen molar-refractivity contribution in [2.24, 2.45) is 17.8 Å². The van der Waals surface area contributed by atoms with E-state index in [0.717, 1.165) is 17.8 Å². The van der Waals surface area contributed by atoms with Gasteiger partial charge in [0, 0.05) is 0 Å². The minimum Gasteiger partial charge on any atom is -0.0651 e. The van der Waals surface area contributed by atoms with Crippen LogP contribution in [0.2, 0.25) is 0 Å². The summed E-state index contributed by atoms with van der Waals surface area (Å²) in [6.45, 7) is 2.35. The summed E-state index contributed by atoms with van der Waals surface area (Å²) in [5, 5.41) is 0. The van der Waals surface area contributed by atoms with E-state index in [1.165, 1.54) is 6.42 Å². The van der Waals surface area contributed by atoms with Crippen LogP contribution in [0.3, 0.4) is 0 Å². The monoisotopic (exact) mass is 124 g/mol. The van der Waals surface area contributed by atoms with Crippen LogP contribution in [0.4, 0.5) is 0 Å². The van der Waals surface area contributed by atoms with E-state index in [4.69, 9.17) is 0 Å². The molecular formula is C9H16. The summed E-state index contributed by atoms with van der Waals surface area (Å²) < 4.78 is 0. The fraction of sp³-hybridized carbons (Fsp3) is 1.00. The van der Waals surface area contributed by atoms with E-state index in [-0.39, 0.29) is 0 Å². The van der Waals surface area contributed by atoms with Crippen molar-refractivity contribution in [3.05, 3.63) is 0 Å². The van der Waals surface area contributed by atoms with E-state index < -0.39 is 0 Å². The molecule has 0 spiro atoms. The summed E-state index contributed by atoms with van der Waals surface area (Å²) in [6, 6.07) is 0. The highest BCUT2D eigenvalue weighted by atomic mass is 14.4. The smallest absolute Gasteiger partial charge is 0.0383 e. The van der Waals surface area contributed by atoms with Crippen LogP contribution in [-0.2, 0) is 0 Å². The van der Waals surface area contributed by atoms with Gasteiger partial charge in [-0.05, 0) is 37.0 Å². The number of rotatable bonds is 1. The molecule has 2 fully saturated rings. The van der Waals surface area contributed by atoms with Gasteiger partial charge in [0.15, 0.2) is 0 Å². The molecule has 0 N–H and O–H groups in total. The summed E-state index contributed by atoms with van der Waals surface area (Å²) in [7, 11) is 0. The lowest BCUT2D eigenvalue weighted by atomic mass is 9.87. The Labute approximate surface area is 57.6 Å². The van der Waals surface area contributed by atoms with Crippen LogP contribution in [0, 0.1) is 17.8 Å². The van der Waals surface area contributed by atoms with Crippen molar-refractivity contribution >= 4 is 0 Å². The van der Waals surface area contributed by atoms with E-state index in [0.29, 0.717) is 0 Å². The molecule has 2 saturated carbocycles. The average Bonchev–Trinajstić information content (AvgIpc) is 2.45. The first kappa shape index (κ1) is 5.76. The van der Waals surface area contributed by atoms with Gasteiger partial charge in [-0.1, -0.05) is 19.8 Å². The van der Waals surface area contributed by atoms with E-state index in [2.05, 4.69) is 6.92 Å². The fourth-order valence-electron chi connectivity index (χ4n) is 2.88. The summed E-state index contributed by atoms with van der Waals surface area (Å²) >= 11 is 0. The second-order valence-electron chi connectivity index (χ2n) is 3.84. The molecule has 0 aromatic heterocycles. The summed E-state index contributed by atoms with van der Waals surface area (Å²) in [6.07, 6.45) is 7.71. The Morgan fingerprint density at radius 1 is 1.22 bits per heavy atom. The summed E-state index contributed by atoms with van der Waals surface area (Å²) in [4.78, 5) is 0. The Morgan fingerprint density at radius 3 is 2.44 bits per heavy atom. The zero-order valence-corrected chi connectivity index (χ0v) is 6.27. The standard InChI is InChI=1S/C9H16/c1-2-8-5-7-3-4-9(8)6-7/h7-9H,2-6H2,1H3/t7-,8-,9+/m1/s1. The van der Waals surface area contributed by atoms with Crippen molar-refractivity contribution < 1.29 is 0 Å². The Bertz CT molecular complexity index is 107. The first-order valence-corrected chi connectivity index (χ1v) is 4.40. The molecule has 0 aromatic rings. The molecule has 0 nitrogen and oxygen atoms in total. The van der Waals surface area contributed by atoms with Crippen LogP contribution >= 0.6 is 0 Å². The first-order chi connectivity index (χ1) is 4.40. The van der Waals surface area contributed by atoms with Gasteiger partial charge in [-0.25, -0.2) is 0 Å².